The summed E-state index contributed by atoms with van der Waals surface area (Å²) in [6, 6.07) is 2.02. The molecule has 5 heteroatoms. The Hall–Kier alpha value is -1.07. The first-order chi connectivity index (χ1) is 8.27. The molecule has 0 aliphatic rings. The molecular weight excluding hydrogens is 282 g/mol. The van der Waals surface area contributed by atoms with E-state index in [1.165, 1.54) is 0 Å². The van der Waals surface area contributed by atoms with Crippen molar-refractivity contribution in [3.05, 3.63) is 40.8 Å². The van der Waals surface area contributed by atoms with Crippen LogP contribution < -0.4 is 5.32 Å². The smallest absolute Gasteiger partial charge is 0.174 e. The summed E-state index contributed by atoms with van der Waals surface area (Å²) in [6.07, 6.45) is 5.51. The molecule has 0 fully saturated rings. The number of hydrogen-bond donors (Lipinski definition) is 1. The highest BCUT2D eigenvalue weighted by Gasteiger charge is 2.21. The largest absolute Gasteiger partial charge is 0.457 e. The van der Waals surface area contributed by atoms with Crippen molar-refractivity contribution in [1.29, 1.82) is 0 Å². The third-order valence-corrected chi connectivity index (χ3v) is 3.36. The van der Waals surface area contributed by atoms with E-state index < -0.39 is 0 Å². The molecule has 1 N–H and O–H groups in total. The van der Waals surface area contributed by atoms with E-state index in [1.54, 1.807) is 6.26 Å². The van der Waals surface area contributed by atoms with Gasteiger partial charge in [-0.2, -0.15) is 0 Å². The zero-order valence-corrected chi connectivity index (χ0v) is 11.6. The highest BCUT2D eigenvalue weighted by atomic mass is 79.9. The lowest BCUT2D eigenvalue weighted by Crippen LogP contribution is -2.25. The van der Waals surface area contributed by atoms with Crippen LogP contribution in [0.5, 0.6) is 0 Å². The number of rotatable bonds is 5. The minimum Gasteiger partial charge on any atom is -0.457 e. The maximum atomic E-state index is 5.30. The highest BCUT2D eigenvalue weighted by Crippen LogP contribution is 2.28. The lowest BCUT2D eigenvalue weighted by molar-refractivity contribution is 0.514. The third-order valence-electron chi connectivity index (χ3n) is 2.71. The van der Waals surface area contributed by atoms with Crippen LogP contribution in [0.3, 0.4) is 0 Å². The van der Waals surface area contributed by atoms with Crippen LogP contribution in [0.15, 0.2) is 33.8 Å². The molecule has 2 aromatic heterocycles. The van der Waals surface area contributed by atoms with Gasteiger partial charge in [-0.25, -0.2) is 4.98 Å². The van der Waals surface area contributed by atoms with Gasteiger partial charge in [-0.15, -0.1) is 0 Å². The quantitative estimate of drug-likeness (QED) is 0.923. The van der Waals surface area contributed by atoms with Crippen molar-refractivity contribution in [2.75, 3.05) is 6.54 Å². The van der Waals surface area contributed by atoms with Crippen molar-refractivity contribution in [2.24, 2.45) is 0 Å². The third kappa shape index (κ3) is 2.45. The summed E-state index contributed by atoms with van der Waals surface area (Å²) >= 11 is 3.43. The Labute approximate surface area is 109 Å². The summed E-state index contributed by atoms with van der Waals surface area (Å²) in [6.45, 7) is 5.98. The van der Waals surface area contributed by atoms with Gasteiger partial charge in [0.05, 0.1) is 12.3 Å². The molecule has 0 aliphatic heterocycles. The maximum absolute atomic E-state index is 5.30. The Morgan fingerprint density at radius 2 is 2.35 bits per heavy atom. The van der Waals surface area contributed by atoms with Crippen LogP contribution in [0, 0.1) is 0 Å². The molecule has 0 amide bonds. The summed E-state index contributed by atoms with van der Waals surface area (Å²) in [4.78, 5) is 4.44. The van der Waals surface area contributed by atoms with Crippen LogP contribution in [0.25, 0.3) is 0 Å². The molecule has 0 saturated heterocycles. The number of nitrogens with zero attached hydrogens (tertiary/aromatic N) is 2. The second kappa shape index (κ2) is 5.51. The standard InChI is InChI=1S/C12H16BrN3O/c1-3-14-10(9-5-8-17-11(9)13)12-15-6-7-16(12)4-2/h5-8,10,14H,3-4H2,1-2H3. The molecule has 1 atom stereocenters. The summed E-state index contributed by atoms with van der Waals surface area (Å²) in [5, 5.41) is 3.43. The lowest BCUT2D eigenvalue weighted by Gasteiger charge is -2.17. The van der Waals surface area contributed by atoms with Crippen molar-refractivity contribution in [2.45, 2.75) is 26.4 Å². The number of furan rings is 1. The Bertz CT molecular complexity index is 478. The van der Waals surface area contributed by atoms with Crippen LogP contribution in [0.1, 0.15) is 31.3 Å². The predicted octanol–water partition coefficient (Wildman–Crippen LogP) is 2.96. The zero-order chi connectivity index (χ0) is 12.3. The van der Waals surface area contributed by atoms with E-state index in [0.717, 1.165) is 29.1 Å². The Morgan fingerprint density at radius 1 is 1.53 bits per heavy atom. The van der Waals surface area contributed by atoms with Gasteiger partial charge in [0, 0.05) is 24.5 Å². The van der Waals surface area contributed by atoms with Gasteiger partial charge in [-0.05, 0) is 35.5 Å². The predicted molar refractivity (Wildman–Crippen MR) is 69.8 cm³/mol. The fourth-order valence-corrected chi connectivity index (χ4v) is 2.37. The minimum absolute atomic E-state index is 0.0584. The summed E-state index contributed by atoms with van der Waals surface area (Å²) in [5.74, 6) is 1.01. The monoisotopic (exact) mass is 297 g/mol. The molecule has 2 aromatic rings. The van der Waals surface area contributed by atoms with Gasteiger partial charge >= 0.3 is 0 Å². The van der Waals surface area contributed by atoms with Crippen molar-refractivity contribution >= 4 is 15.9 Å². The number of aryl methyl sites for hydroxylation is 1. The SMILES string of the molecule is CCNC(c1ccoc1Br)c1nccn1CC. The molecule has 1 unspecified atom stereocenters. The fraction of sp³-hybridized carbons (Fsp3) is 0.417. The molecule has 2 heterocycles. The zero-order valence-electron chi connectivity index (χ0n) is 9.98. The normalized spacial score (nSPS) is 12.9. The molecule has 0 saturated carbocycles. The van der Waals surface area contributed by atoms with Crippen LogP contribution in [0.2, 0.25) is 0 Å². The molecule has 0 radical (unpaired) electrons. The van der Waals surface area contributed by atoms with Crippen LogP contribution in [-0.4, -0.2) is 16.1 Å². The molecule has 2 rings (SSSR count). The van der Waals surface area contributed by atoms with Gasteiger partial charge in [0.25, 0.3) is 0 Å². The van der Waals surface area contributed by atoms with Crippen LogP contribution in [-0.2, 0) is 6.54 Å². The van der Waals surface area contributed by atoms with Gasteiger partial charge in [-0.3, -0.25) is 0 Å². The van der Waals surface area contributed by atoms with E-state index in [0.29, 0.717) is 0 Å². The second-order valence-corrected chi connectivity index (χ2v) is 4.43. The Morgan fingerprint density at radius 3 is 2.94 bits per heavy atom. The molecule has 17 heavy (non-hydrogen) atoms. The molecule has 0 aromatic carbocycles. The topological polar surface area (TPSA) is 43.0 Å². The molecule has 0 bridgehead atoms. The Balaban J connectivity index is 2.39. The first-order valence-corrected chi connectivity index (χ1v) is 6.54. The minimum atomic E-state index is 0.0584. The second-order valence-electron chi connectivity index (χ2n) is 3.71. The highest BCUT2D eigenvalue weighted by molar-refractivity contribution is 9.10. The van der Waals surface area contributed by atoms with E-state index >= 15 is 0 Å². The van der Waals surface area contributed by atoms with Gasteiger partial charge in [-0.1, -0.05) is 6.92 Å². The average molecular weight is 298 g/mol. The number of halogens is 1. The van der Waals surface area contributed by atoms with E-state index in [-0.39, 0.29) is 6.04 Å². The summed E-state index contributed by atoms with van der Waals surface area (Å²) < 4.78 is 8.19. The molecular formula is C12H16BrN3O. The summed E-state index contributed by atoms with van der Waals surface area (Å²) in [5.41, 5.74) is 1.08. The lowest BCUT2D eigenvalue weighted by atomic mass is 10.1. The maximum Gasteiger partial charge on any atom is 0.174 e. The van der Waals surface area contributed by atoms with Gasteiger partial charge in [0.1, 0.15) is 5.82 Å². The first-order valence-electron chi connectivity index (χ1n) is 5.75. The number of imidazole rings is 1. The molecule has 4 nitrogen and oxygen atoms in total. The van der Waals surface area contributed by atoms with E-state index in [2.05, 4.69) is 44.6 Å². The van der Waals surface area contributed by atoms with Crippen molar-refractivity contribution in [1.82, 2.24) is 14.9 Å². The van der Waals surface area contributed by atoms with Gasteiger partial charge in [0.2, 0.25) is 0 Å². The number of nitrogens with one attached hydrogen (secondary N) is 1. The number of hydrogen-bond acceptors (Lipinski definition) is 3. The van der Waals surface area contributed by atoms with Crippen LogP contribution in [0.4, 0.5) is 0 Å². The number of aromatic nitrogens is 2. The fourth-order valence-electron chi connectivity index (χ4n) is 1.90. The van der Waals surface area contributed by atoms with Crippen molar-refractivity contribution in [3.63, 3.8) is 0 Å². The van der Waals surface area contributed by atoms with E-state index in [9.17, 15) is 0 Å². The average Bonchev–Trinajstić information content (AvgIpc) is 2.94. The molecule has 0 spiro atoms. The van der Waals surface area contributed by atoms with Crippen molar-refractivity contribution < 1.29 is 4.42 Å². The summed E-state index contributed by atoms with van der Waals surface area (Å²) in [7, 11) is 0. The van der Waals surface area contributed by atoms with Gasteiger partial charge in [0.15, 0.2) is 4.67 Å². The van der Waals surface area contributed by atoms with Crippen LogP contribution >= 0.6 is 15.9 Å². The van der Waals surface area contributed by atoms with Gasteiger partial charge < -0.3 is 14.3 Å². The van der Waals surface area contributed by atoms with E-state index in [4.69, 9.17) is 4.42 Å². The van der Waals surface area contributed by atoms with E-state index in [1.807, 2.05) is 18.5 Å². The first kappa shape index (κ1) is 12.4. The van der Waals surface area contributed by atoms with Crippen molar-refractivity contribution in [3.8, 4) is 0 Å². The molecule has 0 aliphatic carbocycles. The Kier molecular flexibility index (Phi) is 4.02. The molecule has 92 valence electrons.